The van der Waals surface area contributed by atoms with Crippen LogP contribution in [0.25, 0.3) is 0 Å². The third-order valence-corrected chi connectivity index (χ3v) is 6.35. The van der Waals surface area contributed by atoms with E-state index in [4.69, 9.17) is 14.2 Å². The number of hydrogen-bond acceptors (Lipinski definition) is 7. The fraction of sp³-hybridized carbons (Fsp3) is 0.385. The highest BCUT2D eigenvalue weighted by Crippen LogP contribution is 2.34. The maximum absolute atomic E-state index is 13.7. The van der Waals surface area contributed by atoms with E-state index in [1.807, 2.05) is 20.8 Å². The SMILES string of the molecule is CCC(C)(C)N(C(=O)c1ccc(OC)c(OC)c1)C1CC(=O)N(c2ccc(C(=O)OC)cc2)C1=O. The van der Waals surface area contributed by atoms with Gasteiger partial charge in [0.25, 0.3) is 11.8 Å². The zero-order valence-electron chi connectivity index (χ0n) is 20.8. The molecule has 2 aromatic carbocycles. The van der Waals surface area contributed by atoms with Crippen LogP contribution in [0.4, 0.5) is 5.69 Å². The number of amides is 3. The van der Waals surface area contributed by atoms with Gasteiger partial charge in [0.15, 0.2) is 11.5 Å². The van der Waals surface area contributed by atoms with Crippen molar-refractivity contribution in [1.29, 1.82) is 0 Å². The van der Waals surface area contributed by atoms with Crippen LogP contribution >= 0.6 is 0 Å². The molecule has 1 aliphatic heterocycles. The molecule has 2 aromatic rings. The minimum absolute atomic E-state index is 0.153. The Bertz CT molecular complexity index is 1140. The van der Waals surface area contributed by atoms with Crippen LogP contribution in [-0.4, -0.2) is 61.5 Å². The Kier molecular flexibility index (Phi) is 7.48. The van der Waals surface area contributed by atoms with Gasteiger partial charge >= 0.3 is 5.97 Å². The number of benzene rings is 2. The van der Waals surface area contributed by atoms with Crippen LogP contribution in [0.5, 0.6) is 11.5 Å². The minimum atomic E-state index is -0.988. The summed E-state index contributed by atoms with van der Waals surface area (Å²) in [5.74, 6) is -0.997. The largest absolute Gasteiger partial charge is 0.493 e. The van der Waals surface area contributed by atoms with Crippen molar-refractivity contribution >= 4 is 29.4 Å². The molecule has 0 saturated carbocycles. The van der Waals surface area contributed by atoms with Crippen LogP contribution in [-0.2, 0) is 14.3 Å². The van der Waals surface area contributed by atoms with E-state index in [0.29, 0.717) is 34.7 Å². The van der Waals surface area contributed by atoms with Crippen molar-refractivity contribution in [2.24, 2.45) is 0 Å². The van der Waals surface area contributed by atoms with E-state index in [-0.39, 0.29) is 6.42 Å². The second-order valence-corrected chi connectivity index (χ2v) is 8.74. The molecule has 1 fully saturated rings. The summed E-state index contributed by atoms with van der Waals surface area (Å²) in [6, 6.07) is 9.79. The fourth-order valence-corrected chi connectivity index (χ4v) is 4.07. The second kappa shape index (κ2) is 10.2. The highest BCUT2D eigenvalue weighted by atomic mass is 16.5. The quantitative estimate of drug-likeness (QED) is 0.419. The Morgan fingerprint density at radius 3 is 2.11 bits per heavy atom. The van der Waals surface area contributed by atoms with Crippen molar-refractivity contribution in [3.8, 4) is 11.5 Å². The monoisotopic (exact) mass is 482 g/mol. The first-order valence-electron chi connectivity index (χ1n) is 11.2. The maximum atomic E-state index is 13.7. The molecule has 0 radical (unpaired) electrons. The molecule has 3 amide bonds. The molecule has 9 heteroatoms. The lowest BCUT2D eigenvalue weighted by Gasteiger charge is -2.41. The van der Waals surface area contributed by atoms with Gasteiger partial charge in [-0.1, -0.05) is 6.92 Å². The number of hydrogen-bond donors (Lipinski definition) is 0. The van der Waals surface area contributed by atoms with Gasteiger partial charge in [0.05, 0.1) is 39.0 Å². The summed E-state index contributed by atoms with van der Waals surface area (Å²) in [6.45, 7) is 5.63. The topological polar surface area (TPSA) is 102 Å². The first-order chi connectivity index (χ1) is 16.6. The average molecular weight is 483 g/mol. The first kappa shape index (κ1) is 25.7. The van der Waals surface area contributed by atoms with E-state index < -0.39 is 35.3 Å². The summed E-state index contributed by atoms with van der Waals surface area (Å²) in [7, 11) is 4.25. The fourth-order valence-electron chi connectivity index (χ4n) is 4.07. The highest BCUT2D eigenvalue weighted by molar-refractivity contribution is 6.23. The standard InChI is InChI=1S/C26H30N2O7/c1-7-26(2,3)28(23(30)17-10-13-20(33-4)21(14-17)34-5)19-15-22(29)27(24(19)31)18-11-8-16(9-12-18)25(32)35-6/h8-14,19H,7,15H2,1-6H3. The molecule has 3 rings (SSSR count). The number of esters is 1. The van der Waals surface area contributed by atoms with Gasteiger partial charge in [-0.2, -0.15) is 0 Å². The number of carbonyl (C=O) groups excluding carboxylic acids is 4. The third kappa shape index (κ3) is 4.84. The number of anilines is 1. The molecule has 0 spiro atoms. The molecule has 0 N–H and O–H groups in total. The Morgan fingerprint density at radius 2 is 1.57 bits per heavy atom. The number of methoxy groups -OCH3 is 3. The first-order valence-corrected chi connectivity index (χ1v) is 11.2. The molecule has 1 saturated heterocycles. The van der Waals surface area contributed by atoms with Crippen molar-refractivity contribution < 1.29 is 33.4 Å². The predicted molar refractivity (Wildman–Crippen MR) is 129 cm³/mol. The smallest absolute Gasteiger partial charge is 0.337 e. The van der Waals surface area contributed by atoms with Gasteiger partial charge < -0.3 is 19.1 Å². The predicted octanol–water partition coefficient (Wildman–Crippen LogP) is 3.45. The number of carbonyl (C=O) groups is 4. The molecule has 1 unspecified atom stereocenters. The van der Waals surface area contributed by atoms with Crippen molar-refractivity contribution in [2.45, 2.75) is 45.2 Å². The molecular formula is C26H30N2O7. The second-order valence-electron chi connectivity index (χ2n) is 8.74. The lowest BCUT2D eigenvalue weighted by Crippen LogP contribution is -2.55. The number of ether oxygens (including phenoxy) is 3. The Balaban J connectivity index is 1.98. The van der Waals surface area contributed by atoms with Crippen molar-refractivity contribution in [3.05, 3.63) is 53.6 Å². The molecule has 0 bridgehead atoms. The van der Waals surface area contributed by atoms with Crippen molar-refractivity contribution in [1.82, 2.24) is 4.90 Å². The van der Waals surface area contributed by atoms with Crippen LogP contribution in [0.1, 0.15) is 54.3 Å². The molecular weight excluding hydrogens is 452 g/mol. The van der Waals surface area contributed by atoms with Gasteiger partial charge in [0.2, 0.25) is 5.91 Å². The summed E-state index contributed by atoms with van der Waals surface area (Å²) in [5, 5.41) is 0. The van der Waals surface area contributed by atoms with Crippen molar-refractivity contribution in [2.75, 3.05) is 26.2 Å². The van der Waals surface area contributed by atoms with E-state index in [1.54, 1.807) is 18.2 Å². The molecule has 1 heterocycles. The summed E-state index contributed by atoms with van der Waals surface area (Å²) in [4.78, 5) is 54.5. The minimum Gasteiger partial charge on any atom is -0.493 e. The van der Waals surface area contributed by atoms with Gasteiger partial charge in [-0.15, -0.1) is 0 Å². The molecule has 9 nitrogen and oxygen atoms in total. The number of imide groups is 1. The van der Waals surface area contributed by atoms with E-state index >= 15 is 0 Å². The molecule has 35 heavy (non-hydrogen) atoms. The zero-order valence-corrected chi connectivity index (χ0v) is 20.8. The van der Waals surface area contributed by atoms with Gasteiger partial charge in [0.1, 0.15) is 6.04 Å². The molecule has 186 valence electrons. The van der Waals surface area contributed by atoms with Gasteiger partial charge in [-0.25, -0.2) is 9.69 Å². The molecule has 0 aliphatic carbocycles. The zero-order chi connectivity index (χ0) is 25.9. The lowest BCUT2D eigenvalue weighted by molar-refractivity contribution is -0.123. The van der Waals surface area contributed by atoms with Gasteiger partial charge in [0, 0.05) is 11.1 Å². The summed E-state index contributed by atoms with van der Waals surface area (Å²) in [6.07, 6.45) is 0.401. The Morgan fingerprint density at radius 1 is 0.971 bits per heavy atom. The highest BCUT2D eigenvalue weighted by Gasteiger charge is 2.48. The van der Waals surface area contributed by atoms with E-state index in [9.17, 15) is 19.2 Å². The van der Waals surface area contributed by atoms with Crippen molar-refractivity contribution in [3.63, 3.8) is 0 Å². The third-order valence-electron chi connectivity index (χ3n) is 6.35. The number of nitrogens with zero attached hydrogens (tertiary/aromatic N) is 2. The van der Waals surface area contributed by atoms with Gasteiger partial charge in [-0.05, 0) is 62.7 Å². The van der Waals surface area contributed by atoms with Gasteiger partial charge in [-0.3, -0.25) is 14.4 Å². The van der Waals surface area contributed by atoms with Crippen LogP contribution < -0.4 is 14.4 Å². The van der Waals surface area contributed by atoms with E-state index in [2.05, 4.69) is 0 Å². The lowest BCUT2D eigenvalue weighted by atomic mass is 9.94. The Labute approximate surface area is 204 Å². The summed E-state index contributed by atoms with van der Waals surface area (Å²) in [5.41, 5.74) is 0.202. The average Bonchev–Trinajstić information content (AvgIpc) is 3.15. The van der Waals surface area contributed by atoms with Crippen LogP contribution in [0, 0.1) is 0 Å². The summed E-state index contributed by atoms with van der Waals surface area (Å²) >= 11 is 0. The summed E-state index contributed by atoms with van der Waals surface area (Å²) < 4.78 is 15.3. The van der Waals surface area contributed by atoms with Crippen LogP contribution in [0.2, 0.25) is 0 Å². The number of rotatable bonds is 8. The normalized spacial score (nSPS) is 15.7. The van der Waals surface area contributed by atoms with Crippen LogP contribution in [0.3, 0.4) is 0 Å². The molecule has 0 aromatic heterocycles. The molecule has 1 atom stereocenters. The Hall–Kier alpha value is -3.88. The van der Waals surface area contributed by atoms with E-state index in [1.165, 1.54) is 50.5 Å². The van der Waals surface area contributed by atoms with Crippen LogP contribution in [0.15, 0.2) is 42.5 Å². The molecule has 1 aliphatic rings. The maximum Gasteiger partial charge on any atom is 0.337 e. The van der Waals surface area contributed by atoms with E-state index in [0.717, 1.165) is 4.90 Å².